The number of aromatic nitrogens is 2. The van der Waals surface area contributed by atoms with Gasteiger partial charge in [0.15, 0.2) is 5.16 Å². The highest BCUT2D eigenvalue weighted by Gasteiger charge is 2.32. The number of likely N-dealkylation sites (N-methyl/N-ethyl adjacent to an activating group) is 1. The minimum atomic E-state index is -4.46. The number of nitrogens with zero attached hydrogens (tertiary/aromatic N) is 4. The van der Waals surface area contributed by atoms with Gasteiger partial charge < -0.3 is 19.1 Å². The molecule has 52 heavy (non-hydrogen) atoms. The second kappa shape index (κ2) is 16.9. The molecule has 0 aliphatic carbocycles. The van der Waals surface area contributed by atoms with Gasteiger partial charge in [-0.2, -0.15) is 4.31 Å². The highest BCUT2D eigenvalue weighted by atomic mass is 35.5. The molecule has 1 aromatic heterocycles. The molecule has 3 aromatic carbocycles. The number of methoxy groups -OCH3 is 1. The fourth-order valence-corrected chi connectivity index (χ4v) is 8.82. The molecule has 0 aliphatic rings. The Morgan fingerprint density at radius 3 is 2.31 bits per heavy atom. The fourth-order valence-electron chi connectivity index (χ4n) is 5.80. The monoisotopic (exact) mass is 796 g/mol. The lowest BCUT2D eigenvalue weighted by Gasteiger charge is -2.29. The van der Waals surface area contributed by atoms with Crippen molar-refractivity contribution < 1.29 is 36.3 Å². The Bertz CT molecular complexity index is 1980. The van der Waals surface area contributed by atoms with Crippen molar-refractivity contribution in [1.82, 2.24) is 13.9 Å². The van der Waals surface area contributed by atoms with E-state index in [0.717, 1.165) is 59.6 Å². The van der Waals surface area contributed by atoms with Crippen molar-refractivity contribution in [3.05, 3.63) is 99.3 Å². The summed E-state index contributed by atoms with van der Waals surface area (Å²) in [6.45, 7) is 4.87. The van der Waals surface area contributed by atoms with Crippen molar-refractivity contribution in [2.45, 2.75) is 66.8 Å². The van der Waals surface area contributed by atoms with Crippen LogP contribution in [0.25, 0.3) is 5.69 Å². The Hall–Kier alpha value is -3.20. The predicted octanol–water partition coefficient (Wildman–Crippen LogP) is 7.09. The van der Waals surface area contributed by atoms with Crippen LogP contribution in [0.4, 0.5) is 8.78 Å². The van der Waals surface area contributed by atoms with Gasteiger partial charge in [-0.25, -0.2) is 22.2 Å². The van der Waals surface area contributed by atoms with Crippen molar-refractivity contribution in [1.29, 1.82) is 0 Å². The predicted molar refractivity (Wildman–Crippen MR) is 200 cm³/mol. The van der Waals surface area contributed by atoms with Gasteiger partial charge in [0.1, 0.15) is 17.4 Å². The molecule has 9 nitrogen and oxygen atoms in total. The summed E-state index contributed by atoms with van der Waals surface area (Å²) in [6.07, 6.45) is 3.78. The third-order valence-electron chi connectivity index (χ3n) is 8.98. The molecule has 0 saturated heterocycles. The van der Waals surface area contributed by atoms with Gasteiger partial charge in [0.25, 0.3) is 0 Å². The second-order valence-electron chi connectivity index (χ2n) is 14.1. The SMILES string of the molecule is COc1cc(C(C)(C)c2cnc(SCc3c(F)cc(S(=O)(=O)N(C)[C@@H](CCCCC[N+](C)(C)C)C(=O)[O-])cc3Cl)n2-c2ccc(F)cc2)ccc1Cl. The number of imidazole rings is 1. The van der Waals surface area contributed by atoms with Crippen LogP contribution in [0.1, 0.15) is 56.4 Å². The third kappa shape index (κ3) is 9.66. The first-order chi connectivity index (χ1) is 24.3. The van der Waals surface area contributed by atoms with Crippen LogP contribution in [-0.4, -0.2) is 80.6 Å². The molecule has 282 valence electrons. The van der Waals surface area contributed by atoms with Gasteiger partial charge in [-0.15, -0.1) is 0 Å². The maximum Gasteiger partial charge on any atom is 0.243 e. The number of sulfonamides is 1. The summed E-state index contributed by atoms with van der Waals surface area (Å²) >= 11 is 14.0. The van der Waals surface area contributed by atoms with Crippen LogP contribution in [0, 0.1) is 11.6 Å². The van der Waals surface area contributed by atoms with Crippen LogP contribution in [0.5, 0.6) is 5.75 Å². The standard InChI is InChI=1S/C37H44Cl2F2N4O5S2/c1-37(2,24-12-17-29(38)33(19-24)50-7)34-22-42-36(44(34)26-15-13-25(40)14-16-26)51-23-28-30(39)20-27(21-31(28)41)52(48,49)43(3)32(35(46)47)11-9-8-10-18-45(4,5)6/h12-17,19-22,32H,8-11,18,23H2,1-7H3/t32-/m0/s1. The summed E-state index contributed by atoms with van der Waals surface area (Å²) in [5, 5.41) is 12.8. The number of carbonyl (C=O) groups excluding carboxylic acids is 1. The van der Waals surface area contributed by atoms with E-state index in [0.29, 0.717) is 38.8 Å². The molecule has 0 saturated carbocycles. The van der Waals surface area contributed by atoms with E-state index in [1.165, 1.54) is 19.2 Å². The average Bonchev–Trinajstić information content (AvgIpc) is 3.50. The number of hydrogen-bond acceptors (Lipinski definition) is 7. The van der Waals surface area contributed by atoms with Crippen molar-refractivity contribution in [3.63, 3.8) is 0 Å². The molecule has 0 unspecified atom stereocenters. The smallest absolute Gasteiger partial charge is 0.243 e. The topological polar surface area (TPSA) is 105 Å². The summed E-state index contributed by atoms with van der Waals surface area (Å²) in [6, 6.07) is 11.9. The van der Waals surface area contributed by atoms with Crippen LogP contribution in [-0.2, 0) is 26.0 Å². The number of unbranched alkanes of at least 4 members (excludes halogenated alkanes) is 2. The summed E-state index contributed by atoms with van der Waals surface area (Å²) in [5.74, 6) is -2.38. The maximum atomic E-state index is 15.7. The lowest BCUT2D eigenvalue weighted by atomic mass is 9.81. The molecule has 0 bridgehead atoms. The zero-order valence-electron chi connectivity index (χ0n) is 30.3. The summed E-state index contributed by atoms with van der Waals surface area (Å²) < 4.78 is 65.5. The summed E-state index contributed by atoms with van der Waals surface area (Å²) in [7, 11) is 4.38. The third-order valence-corrected chi connectivity index (χ3v) is 12.5. The number of hydrogen-bond donors (Lipinski definition) is 0. The fraction of sp³-hybridized carbons (Fsp3) is 0.405. The first-order valence-corrected chi connectivity index (χ1v) is 19.7. The van der Waals surface area contributed by atoms with Gasteiger partial charge >= 0.3 is 0 Å². The van der Waals surface area contributed by atoms with E-state index in [-0.39, 0.29) is 22.8 Å². The number of quaternary nitrogens is 1. The number of carboxylic acid groups (broad SMARTS) is 1. The lowest BCUT2D eigenvalue weighted by molar-refractivity contribution is -0.870. The Labute approximate surface area is 319 Å². The Morgan fingerprint density at radius 1 is 1.04 bits per heavy atom. The number of halogens is 4. The van der Waals surface area contributed by atoms with E-state index in [2.05, 4.69) is 26.1 Å². The van der Waals surface area contributed by atoms with Crippen LogP contribution >= 0.6 is 35.0 Å². The van der Waals surface area contributed by atoms with E-state index in [4.69, 9.17) is 27.9 Å². The Morgan fingerprint density at radius 2 is 1.71 bits per heavy atom. The Kier molecular flexibility index (Phi) is 13.5. The number of thioether (sulfide) groups is 1. The number of benzene rings is 3. The quantitative estimate of drug-likeness (QED) is 0.0639. The number of ether oxygens (including phenoxy) is 1. The van der Waals surface area contributed by atoms with E-state index in [1.54, 1.807) is 24.4 Å². The lowest BCUT2D eigenvalue weighted by Crippen LogP contribution is -2.48. The second-order valence-corrected chi connectivity index (χ2v) is 17.8. The van der Waals surface area contributed by atoms with Crippen LogP contribution in [0.15, 0.2) is 70.8 Å². The van der Waals surface area contributed by atoms with Gasteiger partial charge in [-0.05, 0) is 73.4 Å². The highest BCUT2D eigenvalue weighted by Crippen LogP contribution is 2.40. The van der Waals surface area contributed by atoms with Crippen molar-refractivity contribution >= 4 is 51.0 Å². The number of carbonyl (C=O) groups is 1. The first kappa shape index (κ1) is 41.6. The average molecular weight is 798 g/mol. The van der Waals surface area contributed by atoms with Crippen LogP contribution < -0.4 is 9.84 Å². The zero-order chi connectivity index (χ0) is 38.6. The van der Waals surface area contributed by atoms with Crippen molar-refractivity contribution in [3.8, 4) is 11.4 Å². The molecule has 0 spiro atoms. The molecule has 0 N–H and O–H groups in total. The highest BCUT2D eigenvalue weighted by molar-refractivity contribution is 7.98. The van der Waals surface area contributed by atoms with Gasteiger partial charge in [-0.1, -0.05) is 61.3 Å². The van der Waals surface area contributed by atoms with E-state index < -0.39 is 44.0 Å². The van der Waals surface area contributed by atoms with Gasteiger partial charge in [-0.3, -0.25) is 4.57 Å². The molecular formula is C37H44Cl2F2N4O5S2. The van der Waals surface area contributed by atoms with Crippen molar-refractivity contribution in [2.75, 3.05) is 41.8 Å². The number of rotatable bonds is 17. The summed E-state index contributed by atoms with van der Waals surface area (Å²) in [5.41, 5.74) is 1.57. The van der Waals surface area contributed by atoms with Crippen molar-refractivity contribution in [2.24, 2.45) is 0 Å². The molecule has 1 atom stereocenters. The van der Waals surface area contributed by atoms with E-state index in [9.17, 15) is 22.7 Å². The van der Waals surface area contributed by atoms with Gasteiger partial charge in [0, 0.05) is 34.5 Å². The first-order valence-electron chi connectivity index (χ1n) is 16.6. The van der Waals surface area contributed by atoms with E-state index >= 15 is 4.39 Å². The number of carboxylic acids is 1. The molecular weight excluding hydrogens is 753 g/mol. The van der Waals surface area contributed by atoms with Crippen LogP contribution in [0.2, 0.25) is 10.0 Å². The Balaban J connectivity index is 1.61. The minimum Gasteiger partial charge on any atom is -0.548 e. The molecule has 4 rings (SSSR count). The zero-order valence-corrected chi connectivity index (χ0v) is 33.4. The molecule has 0 amide bonds. The van der Waals surface area contributed by atoms with Gasteiger partial charge in [0.2, 0.25) is 10.0 Å². The molecule has 0 aliphatic heterocycles. The molecule has 0 radical (unpaired) electrons. The number of aliphatic carboxylic acids is 1. The molecule has 15 heteroatoms. The molecule has 0 fully saturated rings. The van der Waals surface area contributed by atoms with Gasteiger partial charge in [0.05, 0.1) is 68.6 Å². The summed E-state index contributed by atoms with van der Waals surface area (Å²) in [4.78, 5) is 16.2. The maximum absolute atomic E-state index is 15.7. The van der Waals surface area contributed by atoms with E-state index in [1.807, 2.05) is 30.5 Å². The molecule has 4 aromatic rings. The largest absolute Gasteiger partial charge is 0.548 e. The van der Waals surface area contributed by atoms with Crippen LogP contribution in [0.3, 0.4) is 0 Å². The molecule has 1 heterocycles. The minimum absolute atomic E-state index is 0.0267. The normalized spacial score (nSPS) is 13.1.